The number of rotatable bonds is 7. The highest BCUT2D eigenvalue weighted by Gasteiger charge is 2.43. The standard InChI is InChI=1S/C26H30F6N2O2/c1-17(18-11-20(25(27,28)29)13-21(12-18)26(30,31)32)36-16-24(19-7-5-4-6-8-19)10-9-23(2,15-34-24)14-22(35)33-3/h4-8,11-13,17,34H,9-10,14-16H2,1-3H3,(H,33,35)/t17?,23-,24+/m0/s1. The fourth-order valence-corrected chi connectivity index (χ4v) is 4.49. The summed E-state index contributed by atoms with van der Waals surface area (Å²) < 4.78 is 85.8. The topological polar surface area (TPSA) is 50.4 Å². The lowest BCUT2D eigenvalue weighted by Gasteiger charge is -2.46. The average Bonchev–Trinajstić information content (AvgIpc) is 2.83. The van der Waals surface area contributed by atoms with E-state index in [2.05, 4.69) is 10.6 Å². The van der Waals surface area contributed by atoms with Crippen molar-refractivity contribution in [1.82, 2.24) is 10.6 Å². The minimum Gasteiger partial charge on any atom is -0.372 e. The van der Waals surface area contributed by atoms with Crippen molar-refractivity contribution in [2.75, 3.05) is 20.2 Å². The molecule has 1 saturated heterocycles. The highest BCUT2D eigenvalue weighted by atomic mass is 19.4. The number of benzene rings is 2. The fraction of sp³-hybridized carbons (Fsp3) is 0.500. The van der Waals surface area contributed by atoms with Gasteiger partial charge in [-0.15, -0.1) is 0 Å². The molecule has 1 amide bonds. The van der Waals surface area contributed by atoms with Gasteiger partial charge < -0.3 is 15.4 Å². The summed E-state index contributed by atoms with van der Waals surface area (Å²) in [6, 6.07) is 10.8. The van der Waals surface area contributed by atoms with Gasteiger partial charge in [-0.3, -0.25) is 4.79 Å². The molecule has 36 heavy (non-hydrogen) atoms. The normalized spacial score (nSPS) is 23.8. The zero-order valence-corrected chi connectivity index (χ0v) is 20.3. The number of hydrogen-bond donors (Lipinski definition) is 2. The van der Waals surface area contributed by atoms with Crippen LogP contribution in [0, 0.1) is 5.41 Å². The second kappa shape index (κ2) is 10.4. The number of ether oxygens (including phenoxy) is 1. The zero-order chi connectivity index (χ0) is 26.8. The molecule has 0 aromatic heterocycles. The first-order valence-electron chi connectivity index (χ1n) is 11.6. The van der Waals surface area contributed by atoms with Crippen LogP contribution in [0.4, 0.5) is 26.3 Å². The van der Waals surface area contributed by atoms with Gasteiger partial charge in [0.2, 0.25) is 5.91 Å². The molecule has 0 radical (unpaired) electrons. The molecule has 10 heteroatoms. The summed E-state index contributed by atoms with van der Waals surface area (Å²) in [6.07, 6.45) is -9.34. The zero-order valence-electron chi connectivity index (χ0n) is 20.3. The molecule has 0 aliphatic carbocycles. The number of carbonyl (C=O) groups excluding carboxylic acids is 1. The Morgan fingerprint density at radius 3 is 2.08 bits per heavy atom. The molecule has 2 N–H and O–H groups in total. The number of nitrogens with one attached hydrogen (secondary N) is 2. The van der Waals surface area contributed by atoms with E-state index >= 15 is 0 Å². The third kappa shape index (κ3) is 6.59. The quantitative estimate of drug-likeness (QED) is 0.430. The van der Waals surface area contributed by atoms with E-state index in [4.69, 9.17) is 4.74 Å². The Labute approximate surface area is 206 Å². The highest BCUT2D eigenvalue weighted by Crippen LogP contribution is 2.42. The van der Waals surface area contributed by atoms with Gasteiger partial charge in [0.05, 0.1) is 29.4 Å². The number of amides is 1. The summed E-state index contributed by atoms with van der Waals surface area (Å²) in [6.45, 7) is 3.93. The van der Waals surface area contributed by atoms with E-state index in [-0.39, 0.29) is 29.6 Å². The second-order valence-electron chi connectivity index (χ2n) is 9.75. The van der Waals surface area contributed by atoms with Gasteiger partial charge in [-0.1, -0.05) is 37.3 Å². The molecule has 1 aliphatic rings. The molecule has 3 rings (SSSR count). The van der Waals surface area contributed by atoms with E-state index in [0.717, 1.165) is 5.56 Å². The van der Waals surface area contributed by atoms with Gasteiger partial charge in [0.1, 0.15) is 0 Å². The molecule has 0 saturated carbocycles. The summed E-state index contributed by atoms with van der Waals surface area (Å²) in [7, 11) is 1.57. The van der Waals surface area contributed by atoms with Crippen LogP contribution in [-0.2, 0) is 27.4 Å². The Balaban J connectivity index is 1.85. The van der Waals surface area contributed by atoms with Gasteiger partial charge in [0, 0.05) is 20.0 Å². The molecule has 2 aromatic carbocycles. The Morgan fingerprint density at radius 1 is 1.03 bits per heavy atom. The van der Waals surface area contributed by atoms with E-state index in [1.54, 1.807) is 7.05 Å². The lowest BCUT2D eigenvalue weighted by Crippen LogP contribution is -2.55. The van der Waals surface area contributed by atoms with Crippen molar-refractivity contribution in [2.45, 2.75) is 57.1 Å². The predicted molar refractivity (Wildman–Crippen MR) is 123 cm³/mol. The van der Waals surface area contributed by atoms with Crippen LogP contribution in [0.3, 0.4) is 0 Å². The predicted octanol–water partition coefficient (Wildman–Crippen LogP) is 6.22. The van der Waals surface area contributed by atoms with Gasteiger partial charge in [-0.2, -0.15) is 26.3 Å². The smallest absolute Gasteiger partial charge is 0.372 e. The fourth-order valence-electron chi connectivity index (χ4n) is 4.49. The highest BCUT2D eigenvalue weighted by molar-refractivity contribution is 5.76. The van der Waals surface area contributed by atoms with Gasteiger partial charge >= 0.3 is 12.4 Å². The van der Waals surface area contributed by atoms with Crippen LogP contribution in [0.5, 0.6) is 0 Å². The van der Waals surface area contributed by atoms with Crippen molar-refractivity contribution in [1.29, 1.82) is 0 Å². The molecule has 198 valence electrons. The van der Waals surface area contributed by atoms with E-state index in [0.29, 0.717) is 37.9 Å². The lowest BCUT2D eigenvalue weighted by molar-refractivity contribution is -0.143. The molecule has 0 spiro atoms. The number of halogens is 6. The second-order valence-corrected chi connectivity index (χ2v) is 9.75. The molecular weight excluding hydrogens is 486 g/mol. The first-order chi connectivity index (χ1) is 16.7. The molecule has 0 bridgehead atoms. The molecule has 3 atom stereocenters. The van der Waals surface area contributed by atoms with E-state index in [1.807, 2.05) is 37.3 Å². The van der Waals surface area contributed by atoms with Crippen molar-refractivity contribution in [3.05, 3.63) is 70.8 Å². The van der Waals surface area contributed by atoms with Crippen molar-refractivity contribution in [2.24, 2.45) is 5.41 Å². The Hall–Kier alpha value is -2.59. The van der Waals surface area contributed by atoms with Gasteiger partial charge in [0.15, 0.2) is 0 Å². The van der Waals surface area contributed by atoms with Crippen molar-refractivity contribution >= 4 is 5.91 Å². The Kier molecular flexibility index (Phi) is 8.10. The first-order valence-corrected chi connectivity index (χ1v) is 11.6. The summed E-state index contributed by atoms with van der Waals surface area (Å²) in [5, 5.41) is 6.11. The minimum absolute atomic E-state index is 0.0197. The van der Waals surface area contributed by atoms with Crippen LogP contribution < -0.4 is 10.6 Å². The average molecular weight is 517 g/mol. The van der Waals surface area contributed by atoms with Crippen LogP contribution in [0.1, 0.15) is 61.5 Å². The van der Waals surface area contributed by atoms with Crippen molar-refractivity contribution < 1.29 is 35.9 Å². The molecule has 1 unspecified atom stereocenters. The van der Waals surface area contributed by atoms with E-state index in [9.17, 15) is 31.1 Å². The van der Waals surface area contributed by atoms with Crippen LogP contribution in [0.2, 0.25) is 0 Å². The molecule has 1 aliphatic heterocycles. The molecular formula is C26H30F6N2O2. The third-order valence-corrected chi connectivity index (χ3v) is 6.86. The van der Waals surface area contributed by atoms with Crippen LogP contribution in [0.15, 0.2) is 48.5 Å². The number of alkyl halides is 6. The van der Waals surface area contributed by atoms with Crippen LogP contribution >= 0.6 is 0 Å². The monoisotopic (exact) mass is 516 g/mol. The molecule has 1 fully saturated rings. The molecule has 1 heterocycles. The summed E-state index contributed by atoms with van der Waals surface area (Å²) >= 11 is 0. The SMILES string of the molecule is CNC(=O)C[C@]1(C)CC[C@@](COC(C)c2cc(C(F)(F)F)cc(C(F)(F)F)c2)(c2ccccc2)NC1. The first kappa shape index (κ1) is 28.0. The van der Waals surface area contributed by atoms with E-state index < -0.39 is 35.1 Å². The van der Waals surface area contributed by atoms with Gasteiger partial charge in [-0.25, -0.2) is 0 Å². The van der Waals surface area contributed by atoms with Crippen molar-refractivity contribution in [3.63, 3.8) is 0 Å². The number of piperidine rings is 1. The third-order valence-electron chi connectivity index (χ3n) is 6.86. The van der Waals surface area contributed by atoms with Crippen molar-refractivity contribution in [3.8, 4) is 0 Å². The maximum Gasteiger partial charge on any atom is 0.416 e. The van der Waals surface area contributed by atoms with E-state index in [1.165, 1.54) is 6.92 Å². The molecule has 2 aromatic rings. The molecule has 4 nitrogen and oxygen atoms in total. The number of carbonyl (C=O) groups is 1. The summed E-state index contributed by atoms with van der Waals surface area (Å²) in [5.41, 5.74) is -3.10. The minimum atomic E-state index is -4.93. The Bertz CT molecular complexity index is 1010. The van der Waals surface area contributed by atoms with Gasteiger partial charge in [-0.05, 0) is 54.5 Å². The van der Waals surface area contributed by atoms with Gasteiger partial charge in [0.25, 0.3) is 0 Å². The maximum absolute atomic E-state index is 13.3. The summed E-state index contributed by atoms with van der Waals surface area (Å²) in [4.78, 5) is 12.0. The van der Waals surface area contributed by atoms with Crippen LogP contribution in [0.25, 0.3) is 0 Å². The maximum atomic E-state index is 13.3. The lowest BCUT2D eigenvalue weighted by atomic mass is 9.71. The van der Waals surface area contributed by atoms with Crippen LogP contribution in [-0.4, -0.2) is 26.1 Å². The number of hydrogen-bond acceptors (Lipinski definition) is 3. The summed E-state index contributed by atoms with van der Waals surface area (Å²) in [5.74, 6) is -0.0820. The Morgan fingerprint density at radius 2 is 1.61 bits per heavy atom. The largest absolute Gasteiger partial charge is 0.416 e.